The number of rotatable bonds is 5. The van der Waals surface area contributed by atoms with Gasteiger partial charge in [-0.15, -0.1) is 11.3 Å². The lowest BCUT2D eigenvalue weighted by Gasteiger charge is -2.33. The van der Waals surface area contributed by atoms with Crippen molar-refractivity contribution in [3.05, 3.63) is 52.5 Å². The molecule has 3 atom stereocenters. The van der Waals surface area contributed by atoms with Crippen LogP contribution < -0.4 is 5.32 Å². The molecular formula is C19H23N3O2S. The maximum atomic E-state index is 12.4. The molecule has 4 rings (SSSR count). The van der Waals surface area contributed by atoms with E-state index >= 15 is 0 Å². The first-order chi connectivity index (χ1) is 12.3. The maximum absolute atomic E-state index is 12.4. The van der Waals surface area contributed by atoms with Crippen LogP contribution in [0, 0.1) is 5.92 Å². The molecule has 2 aliphatic heterocycles. The highest BCUT2D eigenvalue weighted by Crippen LogP contribution is 2.34. The molecule has 0 aromatic carbocycles. The number of piperidine rings is 1. The van der Waals surface area contributed by atoms with Gasteiger partial charge >= 0.3 is 0 Å². The number of likely N-dealkylation sites (tertiary alicyclic amines) is 1. The highest BCUT2D eigenvalue weighted by Gasteiger charge is 2.41. The zero-order valence-electron chi connectivity index (χ0n) is 14.1. The van der Waals surface area contributed by atoms with Crippen LogP contribution in [0.1, 0.15) is 23.4 Å². The van der Waals surface area contributed by atoms with Crippen molar-refractivity contribution in [1.29, 1.82) is 0 Å². The monoisotopic (exact) mass is 357 g/mol. The number of amides is 1. The van der Waals surface area contributed by atoms with E-state index in [0.29, 0.717) is 12.5 Å². The van der Waals surface area contributed by atoms with E-state index in [1.54, 1.807) is 17.5 Å². The molecule has 25 heavy (non-hydrogen) atoms. The molecule has 0 unspecified atom stereocenters. The maximum Gasteiger partial charge on any atom is 0.249 e. The van der Waals surface area contributed by atoms with Crippen molar-refractivity contribution in [3.63, 3.8) is 0 Å². The summed E-state index contributed by atoms with van der Waals surface area (Å²) >= 11 is 1.80. The summed E-state index contributed by atoms with van der Waals surface area (Å²) in [6, 6.07) is 9.99. The van der Waals surface area contributed by atoms with Crippen molar-refractivity contribution in [1.82, 2.24) is 15.2 Å². The summed E-state index contributed by atoms with van der Waals surface area (Å²) in [5.41, 5.74) is 0.869. The molecular weight excluding hydrogens is 334 g/mol. The number of carbonyl (C=O) groups is 1. The van der Waals surface area contributed by atoms with Crippen molar-refractivity contribution in [2.75, 3.05) is 13.1 Å². The van der Waals surface area contributed by atoms with Crippen LogP contribution in [0.4, 0.5) is 0 Å². The van der Waals surface area contributed by atoms with Gasteiger partial charge in [0.05, 0.1) is 18.3 Å². The molecule has 0 spiro atoms. The fraction of sp³-hybridized carbons (Fsp3) is 0.474. The molecule has 2 fully saturated rings. The molecule has 2 aromatic heterocycles. The number of nitrogens with zero attached hydrogens (tertiary/aromatic N) is 2. The van der Waals surface area contributed by atoms with Gasteiger partial charge in [-0.3, -0.25) is 14.7 Å². The zero-order valence-corrected chi connectivity index (χ0v) is 15.0. The Bertz CT molecular complexity index is 692. The second-order valence-electron chi connectivity index (χ2n) is 6.80. The summed E-state index contributed by atoms with van der Waals surface area (Å²) < 4.78 is 6.09. The number of aromatic nitrogens is 1. The molecule has 2 saturated heterocycles. The van der Waals surface area contributed by atoms with Gasteiger partial charge in [-0.1, -0.05) is 12.1 Å². The summed E-state index contributed by atoms with van der Waals surface area (Å²) in [5, 5.41) is 5.08. The summed E-state index contributed by atoms with van der Waals surface area (Å²) in [5.74, 6) is 0.495. The molecule has 1 N–H and O–H groups in total. The third-order valence-corrected chi connectivity index (χ3v) is 5.92. The third kappa shape index (κ3) is 4.08. The van der Waals surface area contributed by atoms with Crippen LogP contribution >= 0.6 is 11.3 Å². The SMILES string of the molecule is O=C(NCc1ccccn1)[C@@H]1C[C@H]2CCN(Cc3cccs3)C[C@@H]2O1. The number of fused-ring (bicyclic) bond motifs is 1. The molecule has 0 bridgehead atoms. The van der Waals surface area contributed by atoms with Crippen molar-refractivity contribution in [3.8, 4) is 0 Å². The van der Waals surface area contributed by atoms with E-state index in [-0.39, 0.29) is 18.1 Å². The number of carbonyl (C=O) groups excluding carboxylic acids is 1. The van der Waals surface area contributed by atoms with Gasteiger partial charge in [-0.25, -0.2) is 0 Å². The summed E-state index contributed by atoms with van der Waals surface area (Å²) in [7, 11) is 0. The second kappa shape index (κ2) is 7.64. The predicted molar refractivity (Wildman–Crippen MR) is 97.1 cm³/mol. The van der Waals surface area contributed by atoms with E-state index in [0.717, 1.165) is 38.2 Å². The van der Waals surface area contributed by atoms with Gasteiger partial charge in [0, 0.05) is 24.2 Å². The van der Waals surface area contributed by atoms with Crippen molar-refractivity contribution >= 4 is 17.2 Å². The Balaban J connectivity index is 1.28. The Morgan fingerprint density at radius 1 is 1.36 bits per heavy atom. The number of nitrogens with one attached hydrogen (secondary N) is 1. The Morgan fingerprint density at radius 3 is 3.12 bits per heavy atom. The lowest BCUT2D eigenvalue weighted by molar-refractivity contribution is -0.133. The molecule has 6 heteroatoms. The predicted octanol–water partition coefficient (Wildman–Crippen LogP) is 2.44. The largest absolute Gasteiger partial charge is 0.364 e. The van der Waals surface area contributed by atoms with Crippen LogP contribution in [0.2, 0.25) is 0 Å². The molecule has 132 valence electrons. The van der Waals surface area contributed by atoms with Crippen LogP contribution in [0.3, 0.4) is 0 Å². The summed E-state index contributed by atoms with van der Waals surface area (Å²) in [6.45, 7) is 3.46. The molecule has 2 aliphatic rings. The molecule has 2 aromatic rings. The number of pyridine rings is 1. The quantitative estimate of drug-likeness (QED) is 0.893. The van der Waals surface area contributed by atoms with Crippen LogP contribution in [0.15, 0.2) is 41.9 Å². The van der Waals surface area contributed by atoms with E-state index < -0.39 is 0 Å². The van der Waals surface area contributed by atoms with Gasteiger partial charge in [0.25, 0.3) is 0 Å². The molecule has 0 saturated carbocycles. The molecule has 0 aliphatic carbocycles. The lowest BCUT2D eigenvalue weighted by Crippen LogP contribution is -2.42. The molecule has 4 heterocycles. The number of ether oxygens (including phenoxy) is 1. The normalized spacial score (nSPS) is 26.3. The summed E-state index contributed by atoms with van der Waals surface area (Å²) in [6.07, 6.45) is 3.55. The minimum atomic E-state index is -0.319. The molecule has 0 radical (unpaired) electrons. The number of hydrogen-bond donors (Lipinski definition) is 1. The first-order valence-corrected chi connectivity index (χ1v) is 9.74. The number of thiophene rings is 1. The third-order valence-electron chi connectivity index (χ3n) is 5.06. The van der Waals surface area contributed by atoms with E-state index in [1.165, 1.54) is 4.88 Å². The topological polar surface area (TPSA) is 54.5 Å². The second-order valence-corrected chi connectivity index (χ2v) is 7.83. The van der Waals surface area contributed by atoms with Crippen LogP contribution in [-0.4, -0.2) is 41.1 Å². The standard InChI is InChI=1S/C19H23N3O2S/c23-19(21-11-15-4-1-2-7-20-15)17-10-14-6-8-22(13-18(14)24-17)12-16-5-3-9-25-16/h1-5,7,9,14,17-18H,6,8,10-13H2,(H,21,23)/t14-,17+,18+/m1/s1. The van der Waals surface area contributed by atoms with E-state index in [9.17, 15) is 4.79 Å². The van der Waals surface area contributed by atoms with Crippen LogP contribution in [-0.2, 0) is 22.6 Å². The summed E-state index contributed by atoms with van der Waals surface area (Å²) in [4.78, 5) is 20.5. The Kier molecular flexibility index (Phi) is 5.10. The van der Waals surface area contributed by atoms with Gasteiger partial charge < -0.3 is 10.1 Å². The first kappa shape index (κ1) is 16.7. The molecule has 1 amide bonds. The van der Waals surface area contributed by atoms with Crippen LogP contribution in [0.5, 0.6) is 0 Å². The van der Waals surface area contributed by atoms with E-state index in [2.05, 4.69) is 32.7 Å². The fourth-order valence-corrected chi connectivity index (χ4v) is 4.47. The fourth-order valence-electron chi connectivity index (χ4n) is 3.72. The van der Waals surface area contributed by atoms with E-state index in [4.69, 9.17) is 4.74 Å². The first-order valence-electron chi connectivity index (χ1n) is 8.86. The van der Waals surface area contributed by atoms with Gasteiger partial charge in [0.1, 0.15) is 6.10 Å². The zero-order chi connectivity index (χ0) is 17.1. The van der Waals surface area contributed by atoms with Crippen molar-refractivity contribution in [2.24, 2.45) is 5.92 Å². The average Bonchev–Trinajstić information content (AvgIpc) is 3.30. The minimum Gasteiger partial charge on any atom is -0.364 e. The van der Waals surface area contributed by atoms with Crippen molar-refractivity contribution < 1.29 is 9.53 Å². The average molecular weight is 357 g/mol. The Labute approximate surface area is 152 Å². The van der Waals surface area contributed by atoms with Gasteiger partial charge in [0.2, 0.25) is 5.91 Å². The highest BCUT2D eigenvalue weighted by atomic mass is 32.1. The van der Waals surface area contributed by atoms with Crippen molar-refractivity contribution in [2.45, 2.75) is 38.1 Å². The van der Waals surface area contributed by atoms with Gasteiger partial charge in [-0.05, 0) is 48.9 Å². The van der Waals surface area contributed by atoms with E-state index in [1.807, 2.05) is 18.2 Å². The van der Waals surface area contributed by atoms with Gasteiger partial charge in [-0.2, -0.15) is 0 Å². The number of hydrogen-bond acceptors (Lipinski definition) is 5. The highest BCUT2D eigenvalue weighted by molar-refractivity contribution is 7.09. The minimum absolute atomic E-state index is 0.00939. The van der Waals surface area contributed by atoms with Crippen LogP contribution in [0.25, 0.3) is 0 Å². The Hall–Kier alpha value is -1.76. The smallest absolute Gasteiger partial charge is 0.249 e. The van der Waals surface area contributed by atoms with Gasteiger partial charge in [0.15, 0.2) is 0 Å². The lowest BCUT2D eigenvalue weighted by atomic mass is 9.91. The molecule has 5 nitrogen and oxygen atoms in total. The Morgan fingerprint density at radius 2 is 2.32 bits per heavy atom.